The molecule has 0 saturated heterocycles. The van der Waals surface area contributed by atoms with Gasteiger partial charge in [0, 0.05) is 13.2 Å². The molecule has 0 saturated carbocycles. The summed E-state index contributed by atoms with van der Waals surface area (Å²) in [6, 6.07) is 5.97. The summed E-state index contributed by atoms with van der Waals surface area (Å²) >= 11 is 0. The van der Waals surface area contributed by atoms with Gasteiger partial charge in [0.05, 0.1) is 11.0 Å². The van der Waals surface area contributed by atoms with E-state index in [1.54, 1.807) is 0 Å². The molecule has 2 rings (SSSR count). The molecule has 1 heterocycles. The van der Waals surface area contributed by atoms with Crippen molar-refractivity contribution in [2.45, 2.75) is 20.0 Å². The Hall–Kier alpha value is -1.92. The summed E-state index contributed by atoms with van der Waals surface area (Å²) in [7, 11) is 0. The summed E-state index contributed by atoms with van der Waals surface area (Å²) in [5.41, 5.74) is 3.02. The number of fused-ring (bicyclic) bond motifs is 1. The normalized spacial score (nSPS) is 10.9. The smallest absolute Gasteiger partial charge is 0.246 e. The molecule has 6 heteroatoms. The molecular formula is C14H19N3O3. The third-order valence-corrected chi connectivity index (χ3v) is 2.82. The molecule has 1 aromatic heterocycles. The number of hydrogen-bond donors (Lipinski definition) is 3. The average molecular weight is 277 g/mol. The van der Waals surface area contributed by atoms with Gasteiger partial charge in [-0.3, -0.25) is 4.79 Å². The molecule has 0 radical (unpaired) electrons. The Morgan fingerprint density at radius 2 is 2.35 bits per heavy atom. The molecule has 0 unspecified atom stereocenters. The first-order valence-corrected chi connectivity index (χ1v) is 6.59. The minimum atomic E-state index is -0.189. The van der Waals surface area contributed by atoms with Gasteiger partial charge in [0.1, 0.15) is 19.0 Å². The number of nitrogens with one attached hydrogen (secondary N) is 2. The summed E-state index contributed by atoms with van der Waals surface area (Å²) in [4.78, 5) is 18.9. The van der Waals surface area contributed by atoms with Crippen LogP contribution in [0.5, 0.6) is 0 Å². The number of imidazole rings is 1. The van der Waals surface area contributed by atoms with Crippen molar-refractivity contribution in [2.75, 3.05) is 19.8 Å². The van der Waals surface area contributed by atoms with E-state index in [2.05, 4.69) is 15.3 Å². The van der Waals surface area contributed by atoms with Crippen LogP contribution in [0.3, 0.4) is 0 Å². The zero-order valence-electron chi connectivity index (χ0n) is 11.5. The van der Waals surface area contributed by atoms with E-state index in [9.17, 15) is 4.79 Å². The number of ether oxygens (including phenoxy) is 1. The molecule has 0 aliphatic rings. The number of H-pyrrole nitrogens is 1. The van der Waals surface area contributed by atoms with Crippen LogP contribution in [0.25, 0.3) is 11.0 Å². The van der Waals surface area contributed by atoms with Gasteiger partial charge in [-0.2, -0.15) is 0 Å². The number of carbonyl (C=O) groups excluding carboxylic acids is 1. The molecule has 108 valence electrons. The molecule has 0 aliphatic carbocycles. The number of benzene rings is 1. The molecule has 1 amide bonds. The predicted molar refractivity (Wildman–Crippen MR) is 75.2 cm³/mol. The second-order valence-corrected chi connectivity index (χ2v) is 4.62. The van der Waals surface area contributed by atoms with Crippen LogP contribution in [-0.4, -0.2) is 40.7 Å². The molecule has 0 spiro atoms. The lowest BCUT2D eigenvalue weighted by Crippen LogP contribution is -2.28. The Morgan fingerprint density at radius 1 is 1.50 bits per heavy atom. The molecule has 1 aromatic carbocycles. The zero-order chi connectivity index (χ0) is 14.4. The van der Waals surface area contributed by atoms with E-state index in [1.165, 1.54) is 0 Å². The standard InChI is InChI=1S/C14H19N3O3/c1-10-3-4-11-12(7-10)17-13(16-11)8-20-9-14(19)15-5-2-6-18/h3-4,7,18H,2,5-6,8-9H2,1H3,(H,15,19)(H,16,17). The lowest BCUT2D eigenvalue weighted by Gasteiger charge is -2.04. The fourth-order valence-electron chi connectivity index (χ4n) is 1.84. The van der Waals surface area contributed by atoms with Gasteiger partial charge >= 0.3 is 0 Å². The van der Waals surface area contributed by atoms with Crippen LogP contribution >= 0.6 is 0 Å². The Kier molecular flexibility index (Phi) is 5.09. The molecule has 3 N–H and O–H groups in total. The number of nitrogens with zero attached hydrogens (tertiary/aromatic N) is 1. The molecule has 20 heavy (non-hydrogen) atoms. The van der Waals surface area contributed by atoms with Crippen molar-refractivity contribution in [3.63, 3.8) is 0 Å². The third-order valence-electron chi connectivity index (χ3n) is 2.82. The molecule has 0 atom stereocenters. The van der Waals surface area contributed by atoms with Gasteiger partial charge in [0.2, 0.25) is 5.91 Å². The predicted octanol–water partition coefficient (Wildman–Crippen LogP) is 0.887. The summed E-state index contributed by atoms with van der Waals surface area (Å²) in [6.45, 7) is 2.80. The lowest BCUT2D eigenvalue weighted by atomic mass is 10.2. The number of aryl methyl sites for hydroxylation is 1. The number of aromatic amines is 1. The van der Waals surface area contributed by atoms with Crippen molar-refractivity contribution >= 4 is 16.9 Å². The first kappa shape index (κ1) is 14.5. The zero-order valence-corrected chi connectivity index (χ0v) is 11.5. The number of hydrogen-bond acceptors (Lipinski definition) is 4. The molecule has 2 aromatic rings. The van der Waals surface area contributed by atoms with Crippen LogP contribution in [0.4, 0.5) is 0 Å². The largest absolute Gasteiger partial charge is 0.396 e. The van der Waals surface area contributed by atoms with Crippen molar-refractivity contribution < 1.29 is 14.6 Å². The number of rotatable bonds is 7. The number of carbonyl (C=O) groups is 1. The minimum absolute atomic E-state index is 0.0124. The highest BCUT2D eigenvalue weighted by molar-refractivity contribution is 5.77. The molecule has 6 nitrogen and oxygen atoms in total. The van der Waals surface area contributed by atoms with E-state index in [0.29, 0.717) is 18.8 Å². The minimum Gasteiger partial charge on any atom is -0.396 e. The van der Waals surface area contributed by atoms with Gasteiger partial charge in [-0.25, -0.2) is 4.98 Å². The van der Waals surface area contributed by atoms with Gasteiger partial charge < -0.3 is 20.1 Å². The number of amides is 1. The van der Waals surface area contributed by atoms with E-state index in [0.717, 1.165) is 16.6 Å². The number of aliphatic hydroxyl groups is 1. The van der Waals surface area contributed by atoms with Crippen LogP contribution < -0.4 is 5.32 Å². The first-order valence-electron chi connectivity index (χ1n) is 6.59. The monoisotopic (exact) mass is 277 g/mol. The number of aromatic nitrogens is 2. The first-order chi connectivity index (χ1) is 9.69. The van der Waals surface area contributed by atoms with Gasteiger partial charge in [-0.15, -0.1) is 0 Å². The van der Waals surface area contributed by atoms with Crippen molar-refractivity contribution in [3.05, 3.63) is 29.6 Å². The van der Waals surface area contributed by atoms with Crippen molar-refractivity contribution in [1.82, 2.24) is 15.3 Å². The molecule has 0 aliphatic heterocycles. The van der Waals surface area contributed by atoms with Gasteiger partial charge in [-0.05, 0) is 31.0 Å². The highest BCUT2D eigenvalue weighted by Gasteiger charge is 2.05. The quantitative estimate of drug-likeness (QED) is 0.656. The van der Waals surface area contributed by atoms with Crippen LogP contribution in [-0.2, 0) is 16.1 Å². The Morgan fingerprint density at radius 3 is 3.15 bits per heavy atom. The van der Waals surface area contributed by atoms with Gasteiger partial charge in [-0.1, -0.05) is 6.07 Å². The maximum absolute atomic E-state index is 11.4. The topological polar surface area (TPSA) is 87.2 Å². The fraction of sp³-hybridized carbons (Fsp3) is 0.429. The second-order valence-electron chi connectivity index (χ2n) is 4.62. The van der Waals surface area contributed by atoms with E-state index in [-0.39, 0.29) is 25.7 Å². The highest BCUT2D eigenvalue weighted by atomic mass is 16.5. The Labute approximate surface area is 117 Å². The molecule has 0 bridgehead atoms. The van der Waals surface area contributed by atoms with Crippen LogP contribution in [0, 0.1) is 6.92 Å². The molecule has 0 fully saturated rings. The van der Waals surface area contributed by atoms with Crippen molar-refractivity contribution in [1.29, 1.82) is 0 Å². The SMILES string of the molecule is Cc1ccc2nc(COCC(=O)NCCCO)[nH]c2c1. The van der Waals surface area contributed by atoms with Crippen LogP contribution in [0.2, 0.25) is 0 Å². The van der Waals surface area contributed by atoms with E-state index in [4.69, 9.17) is 9.84 Å². The lowest BCUT2D eigenvalue weighted by molar-refractivity contribution is -0.126. The van der Waals surface area contributed by atoms with Crippen molar-refractivity contribution in [3.8, 4) is 0 Å². The van der Waals surface area contributed by atoms with E-state index < -0.39 is 0 Å². The Balaban J connectivity index is 1.79. The van der Waals surface area contributed by atoms with E-state index >= 15 is 0 Å². The summed E-state index contributed by atoms with van der Waals surface area (Å²) in [6.07, 6.45) is 0.550. The van der Waals surface area contributed by atoms with Gasteiger partial charge in [0.25, 0.3) is 0 Å². The summed E-state index contributed by atoms with van der Waals surface area (Å²) < 4.78 is 5.30. The highest BCUT2D eigenvalue weighted by Crippen LogP contribution is 2.13. The maximum Gasteiger partial charge on any atom is 0.246 e. The fourth-order valence-corrected chi connectivity index (χ4v) is 1.84. The third kappa shape index (κ3) is 4.04. The average Bonchev–Trinajstić information content (AvgIpc) is 2.81. The second kappa shape index (κ2) is 7.02. The van der Waals surface area contributed by atoms with Crippen molar-refractivity contribution in [2.24, 2.45) is 0 Å². The number of aliphatic hydroxyl groups excluding tert-OH is 1. The summed E-state index contributed by atoms with van der Waals surface area (Å²) in [5, 5.41) is 11.2. The van der Waals surface area contributed by atoms with Crippen LogP contribution in [0.1, 0.15) is 17.8 Å². The van der Waals surface area contributed by atoms with Gasteiger partial charge in [0.15, 0.2) is 0 Å². The maximum atomic E-state index is 11.4. The summed E-state index contributed by atoms with van der Waals surface area (Å²) in [5.74, 6) is 0.513. The Bertz CT molecular complexity index is 580. The van der Waals surface area contributed by atoms with Crippen LogP contribution in [0.15, 0.2) is 18.2 Å². The van der Waals surface area contributed by atoms with E-state index in [1.807, 2.05) is 25.1 Å². The molecular weight excluding hydrogens is 258 g/mol.